The van der Waals surface area contributed by atoms with Gasteiger partial charge in [-0.3, -0.25) is 4.68 Å². The van der Waals surface area contributed by atoms with E-state index in [-0.39, 0.29) is 5.04 Å². The third-order valence-corrected chi connectivity index (χ3v) is 9.84. The van der Waals surface area contributed by atoms with Gasteiger partial charge < -0.3 is 9.53 Å². The van der Waals surface area contributed by atoms with Gasteiger partial charge in [0.1, 0.15) is 11.8 Å². The Kier molecular flexibility index (Phi) is 6.24. The summed E-state index contributed by atoms with van der Waals surface area (Å²) in [6.07, 6.45) is 0.873. The summed E-state index contributed by atoms with van der Waals surface area (Å²) < 4.78 is 8.87. The van der Waals surface area contributed by atoms with Crippen molar-refractivity contribution >= 4 is 24.2 Å². The first-order valence-electron chi connectivity index (χ1n) is 7.54. The Morgan fingerprint density at radius 3 is 2.38 bits per heavy atom. The molecule has 1 heterocycles. The van der Waals surface area contributed by atoms with Crippen molar-refractivity contribution in [1.82, 2.24) is 9.78 Å². The number of aromatic nitrogens is 2. The van der Waals surface area contributed by atoms with E-state index in [1.807, 2.05) is 11.7 Å². The molecule has 6 heteroatoms. The zero-order valence-corrected chi connectivity index (χ0v) is 16.9. The Labute approximate surface area is 138 Å². The lowest BCUT2D eigenvalue weighted by molar-refractivity contribution is 0.131. The molecule has 122 valence electrons. The van der Waals surface area contributed by atoms with E-state index in [1.165, 1.54) is 0 Å². The van der Waals surface area contributed by atoms with Crippen LogP contribution in [0.1, 0.15) is 51.6 Å². The van der Waals surface area contributed by atoms with Gasteiger partial charge in [-0.2, -0.15) is 5.10 Å². The normalized spacial score (nSPS) is 14.5. The van der Waals surface area contributed by atoms with Crippen molar-refractivity contribution in [2.45, 2.75) is 64.8 Å². The molecule has 0 radical (unpaired) electrons. The van der Waals surface area contributed by atoms with Gasteiger partial charge in [0, 0.05) is 20.1 Å². The van der Waals surface area contributed by atoms with Gasteiger partial charge in [-0.15, -0.1) is 0 Å². The van der Waals surface area contributed by atoms with Crippen LogP contribution in [0.2, 0.25) is 18.1 Å². The lowest BCUT2D eigenvalue weighted by Crippen LogP contribution is -2.41. The van der Waals surface area contributed by atoms with Gasteiger partial charge in [0.2, 0.25) is 0 Å². The second kappa shape index (κ2) is 6.94. The first kappa shape index (κ1) is 18.9. The summed E-state index contributed by atoms with van der Waals surface area (Å²) in [6, 6.07) is 0. The molecule has 0 aliphatic heterocycles. The van der Waals surface area contributed by atoms with Crippen LogP contribution < -0.4 is 0 Å². The first-order valence-corrected chi connectivity index (χ1v) is 11.2. The molecule has 0 bridgehead atoms. The zero-order chi connectivity index (χ0) is 16.4. The van der Waals surface area contributed by atoms with Crippen LogP contribution in [0.4, 0.5) is 0 Å². The predicted molar refractivity (Wildman–Crippen MR) is 93.0 cm³/mol. The van der Waals surface area contributed by atoms with Crippen LogP contribution >= 0.6 is 15.9 Å². The van der Waals surface area contributed by atoms with Gasteiger partial charge in [-0.25, -0.2) is 0 Å². The fraction of sp³-hybridized carbons (Fsp3) is 0.800. The van der Waals surface area contributed by atoms with E-state index in [0.717, 1.165) is 16.6 Å². The second-order valence-electron chi connectivity index (χ2n) is 7.04. The average molecular weight is 377 g/mol. The van der Waals surface area contributed by atoms with E-state index in [4.69, 9.17) is 4.43 Å². The van der Waals surface area contributed by atoms with Gasteiger partial charge in [0.25, 0.3) is 0 Å². The van der Waals surface area contributed by atoms with E-state index >= 15 is 0 Å². The molecule has 1 atom stereocenters. The maximum absolute atomic E-state index is 10.4. The van der Waals surface area contributed by atoms with Crippen molar-refractivity contribution in [3.8, 4) is 0 Å². The van der Waals surface area contributed by atoms with Crippen molar-refractivity contribution in [3.05, 3.63) is 15.9 Å². The number of aryl methyl sites for hydroxylation is 1. The molecule has 4 nitrogen and oxygen atoms in total. The summed E-state index contributed by atoms with van der Waals surface area (Å²) >= 11 is 3.55. The SMILES string of the molecule is CCc1c(Br)c([C@H](O)CCO[Si](C)(C)C(C)(C)C)nn1C. The lowest BCUT2D eigenvalue weighted by atomic mass is 10.2. The molecule has 0 fully saturated rings. The molecule has 21 heavy (non-hydrogen) atoms. The van der Waals surface area contributed by atoms with Crippen LogP contribution in [0, 0.1) is 0 Å². The van der Waals surface area contributed by atoms with E-state index in [1.54, 1.807) is 0 Å². The smallest absolute Gasteiger partial charge is 0.191 e. The molecular weight excluding hydrogens is 348 g/mol. The van der Waals surface area contributed by atoms with Gasteiger partial charge in [-0.05, 0) is 40.5 Å². The maximum Gasteiger partial charge on any atom is 0.191 e. The second-order valence-corrected chi connectivity index (χ2v) is 12.6. The third-order valence-electron chi connectivity index (χ3n) is 4.44. The Bertz CT molecular complexity index is 481. The summed E-state index contributed by atoms with van der Waals surface area (Å²) in [5.41, 5.74) is 1.82. The van der Waals surface area contributed by atoms with E-state index in [0.29, 0.717) is 18.7 Å². The van der Waals surface area contributed by atoms with Crippen LogP contribution in [0.25, 0.3) is 0 Å². The number of hydrogen-bond acceptors (Lipinski definition) is 3. The molecule has 0 spiro atoms. The molecular formula is C15H29BrN2O2Si. The van der Waals surface area contributed by atoms with Crippen LogP contribution in [0.15, 0.2) is 4.47 Å². The molecule has 0 unspecified atom stereocenters. The Hall–Kier alpha value is -0.173. The van der Waals surface area contributed by atoms with Gasteiger partial charge in [0.15, 0.2) is 8.32 Å². The van der Waals surface area contributed by atoms with Crippen LogP contribution in [-0.4, -0.2) is 29.8 Å². The van der Waals surface area contributed by atoms with E-state index in [2.05, 4.69) is 61.8 Å². The monoisotopic (exact) mass is 376 g/mol. The number of nitrogens with zero attached hydrogens (tertiary/aromatic N) is 2. The molecule has 1 N–H and O–H groups in total. The molecule has 0 aliphatic carbocycles. The Morgan fingerprint density at radius 2 is 1.95 bits per heavy atom. The van der Waals surface area contributed by atoms with Crippen LogP contribution in [-0.2, 0) is 17.9 Å². The first-order chi connectivity index (χ1) is 9.51. The highest BCUT2D eigenvalue weighted by Crippen LogP contribution is 2.37. The molecule has 1 aromatic rings. The molecule has 0 amide bonds. The highest BCUT2D eigenvalue weighted by atomic mass is 79.9. The topological polar surface area (TPSA) is 47.3 Å². The highest BCUT2D eigenvalue weighted by Gasteiger charge is 2.37. The average Bonchev–Trinajstić information content (AvgIpc) is 2.62. The molecule has 1 aromatic heterocycles. The lowest BCUT2D eigenvalue weighted by Gasteiger charge is -2.36. The predicted octanol–water partition coefficient (Wildman–Crippen LogP) is 4.19. The summed E-state index contributed by atoms with van der Waals surface area (Å²) in [6.45, 7) is 13.8. The quantitative estimate of drug-likeness (QED) is 0.756. The van der Waals surface area contributed by atoms with Gasteiger partial charge in [0.05, 0.1) is 10.2 Å². The fourth-order valence-electron chi connectivity index (χ4n) is 1.93. The minimum Gasteiger partial charge on any atom is -0.417 e. The molecule has 1 rings (SSSR count). The summed E-state index contributed by atoms with van der Waals surface area (Å²) in [4.78, 5) is 0. The standard InChI is InChI=1S/C15H29BrN2O2Si/c1-8-11-13(16)14(17-18(11)5)12(19)9-10-20-21(6,7)15(2,3)4/h12,19H,8-10H2,1-7H3/t12-/m1/s1. The van der Waals surface area contributed by atoms with Gasteiger partial charge >= 0.3 is 0 Å². The Balaban J connectivity index is 2.65. The molecule has 0 aromatic carbocycles. The minimum absolute atomic E-state index is 0.193. The van der Waals surface area contributed by atoms with Crippen molar-refractivity contribution in [2.75, 3.05) is 6.61 Å². The van der Waals surface area contributed by atoms with Crippen molar-refractivity contribution in [2.24, 2.45) is 7.05 Å². The summed E-state index contributed by atoms with van der Waals surface area (Å²) in [7, 11) is 0.161. The summed E-state index contributed by atoms with van der Waals surface area (Å²) in [5, 5.41) is 15.0. The largest absolute Gasteiger partial charge is 0.417 e. The van der Waals surface area contributed by atoms with E-state index < -0.39 is 14.4 Å². The van der Waals surface area contributed by atoms with Crippen LogP contribution in [0.5, 0.6) is 0 Å². The molecule has 0 saturated carbocycles. The number of rotatable bonds is 6. The van der Waals surface area contributed by atoms with Gasteiger partial charge in [-0.1, -0.05) is 27.7 Å². The van der Waals surface area contributed by atoms with Crippen molar-refractivity contribution in [3.63, 3.8) is 0 Å². The number of aliphatic hydroxyl groups excluding tert-OH is 1. The molecule has 0 saturated heterocycles. The molecule has 0 aliphatic rings. The fourth-order valence-corrected chi connectivity index (χ4v) is 3.87. The number of aliphatic hydroxyl groups is 1. The number of hydrogen-bond donors (Lipinski definition) is 1. The Morgan fingerprint density at radius 1 is 1.38 bits per heavy atom. The van der Waals surface area contributed by atoms with Crippen molar-refractivity contribution in [1.29, 1.82) is 0 Å². The zero-order valence-electron chi connectivity index (χ0n) is 14.3. The summed E-state index contributed by atoms with van der Waals surface area (Å²) in [5.74, 6) is 0. The van der Waals surface area contributed by atoms with Crippen LogP contribution in [0.3, 0.4) is 0 Å². The number of halogens is 1. The van der Waals surface area contributed by atoms with Crippen molar-refractivity contribution < 1.29 is 9.53 Å². The van der Waals surface area contributed by atoms with E-state index in [9.17, 15) is 5.11 Å². The minimum atomic E-state index is -1.75. The maximum atomic E-state index is 10.4. The third kappa shape index (κ3) is 4.40. The highest BCUT2D eigenvalue weighted by molar-refractivity contribution is 9.10.